The summed E-state index contributed by atoms with van der Waals surface area (Å²) in [6.07, 6.45) is 3.14. The van der Waals surface area contributed by atoms with Gasteiger partial charge in [0.05, 0.1) is 6.21 Å². The van der Waals surface area contributed by atoms with Crippen LogP contribution in [0.3, 0.4) is 0 Å². The molecule has 0 atom stereocenters. The average molecular weight is 330 g/mol. The van der Waals surface area contributed by atoms with Crippen molar-refractivity contribution >= 4 is 34.1 Å². The molecule has 0 saturated carbocycles. The highest BCUT2D eigenvalue weighted by Gasteiger charge is 2.12. The number of benzene rings is 1. The van der Waals surface area contributed by atoms with Crippen molar-refractivity contribution in [1.29, 1.82) is 5.26 Å². The fourth-order valence-corrected chi connectivity index (χ4v) is 2.73. The summed E-state index contributed by atoms with van der Waals surface area (Å²) in [4.78, 5) is 8.51. The standard InChI is InChI=1S/C18H14N6O/c1-11-12(7-13(8-19)24(11)2)9-22-23-18-17-16(20-10-21-18)14-5-3-4-6-15(14)25-17/h3-7,9-10H,1-2H3,(H,20,21,23)/b22-9-. The van der Waals surface area contributed by atoms with E-state index in [1.165, 1.54) is 6.33 Å². The van der Waals surface area contributed by atoms with Gasteiger partial charge in [0.1, 0.15) is 29.2 Å². The van der Waals surface area contributed by atoms with E-state index in [9.17, 15) is 0 Å². The van der Waals surface area contributed by atoms with Crippen molar-refractivity contribution in [3.63, 3.8) is 0 Å². The largest absolute Gasteiger partial charge is 0.450 e. The first-order valence-electron chi connectivity index (χ1n) is 7.67. The van der Waals surface area contributed by atoms with Crippen LogP contribution in [0.15, 0.2) is 46.2 Å². The van der Waals surface area contributed by atoms with Gasteiger partial charge in [0.15, 0.2) is 11.4 Å². The predicted molar refractivity (Wildman–Crippen MR) is 95.4 cm³/mol. The van der Waals surface area contributed by atoms with Gasteiger partial charge in [0.2, 0.25) is 0 Å². The summed E-state index contributed by atoms with van der Waals surface area (Å²) in [5.74, 6) is 0.492. The van der Waals surface area contributed by atoms with E-state index in [2.05, 4.69) is 26.6 Å². The molecule has 0 aliphatic carbocycles. The Morgan fingerprint density at radius 2 is 2.16 bits per heavy atom. The number of rotatable bonds is 3. The van der Waals surface area contributed by atoms with Gasteiger partial charge in [-0.15, -0.1) is 0 Å². The molecule has 0 aliphatic rings. The number of hydrogen-bond acceptors (Lipinski definition) is 6. The molecule has 7 heteroatoms. The summed E-state index contributed by atoms with van der Waals surface area (Å²) in [5.41, 5.74) is 7.36. The van der Waals surface area contributed by atoms with Gasteiger partial charge in [-0.3, -0.25) is 5.43 Å². The molecule has 0 spiro atoms. The molecule has 1 N–H and O–H groups in total. The highest BCUT2D eigenvalue weighted by atomic mass is 16.3. The Morgan fingerprint density at radius 3 is 2.96 bits per heavy atom. The lowest BCUT2D eigenvalue weighted by atomic mass is 10.2. The Morgan fingerprint density at radius 1 is 1.32 bits per heavy atom. The fourth-order valence-electron chi connectivity index (χ4n) is 2.73. The molecule has 0 aliphatic heterocycles. The monoisotopic (exact) mass is 330 g/mol. The molecule has 0 unspecified atom stereocenters. The molecule has 0 fully saturated rings. The minimum Gasteiger partial charge on any atom is -0.450 e. The van der Waals surface area contributed by atoms with Gasteiger partial charge in [-0.05, 0) is 25.1 Å². The number of para-hydroxylation sites is 1. The van der Waals surface area contributed by atoms with Crippen molar-refractivity contribution in [3.05, 3.63) is 53.6 Å². The third kappa shape index (κ3) is 2.40. The molecular formula is C18H14N6O. The third-order valence-corrected chi connectivity index (χ3v) is 4.22. The highest BCUT2D eigenvalue weighted by Crippen LogP contribution is 2.30. The Labute approximate surface area is 143 Å². The summed E-state index contributed by atoms with van der Waals surface area (Å²) in [7, 11) is 1.85. The second-order valence-electron chi connectivity index (χ2n) is 5.61. The number of nitriles is 1. The van der Waals surface area contributed by atoms with Crippen LogP contribution in [0.4, 0.5) is 5.82 Å². The molecule has 4 rings (SSSR count). The second-order valence-corrected chi connectivity index (χ2v) is 5.61. The highest BCUT2D eigenvalue weighted by molar-refractivity contribution is 6.05. The van der Waals surface area contributed by atoms with Gasteiger partial charge in [0, 0.05) is 23.7 Å². The number of nitrogens with zero attached hydrogens (tertiary/aromatic N) is 5. The summed E-state index contributed by atoms with van der Waals surface area (Å²) in [5, 5.41) is 14.3. The number of nitrogens with one attached hydrogen (secondary N) is 1. The molecule has 3 aromatic heterocycles. The lowest BCUT2D eigenvalue weighted by Crippen LogP contribution is -1.97. The topological polar surface area (TPSA) is 92.0 Å². The molecule has 122 valence electrons. The Bertz CT molecular complexity index is 1160. The minimum absolute atomic E-state index is 0.492. The first-order valence-corrected chi connectivity index (χ1v) is 7.67. The molecular weight excluding hydrogens is 316 g/mol. The number of anilines is 1. The zero-order valence-corrected chi connectivity index (χ0v) is 13.7. The average Bonchev–Trinajstić information content (AvgIpc) is 3.15. The molecule has 25 heavy (non-hydrogen) atoms. The van der Waals surface area contributed by atoms with Gasteiger partial charge in [0.25, 0.3) is 0 Å². The van der Waals surface area contributed by atoms with E-state index >= 15 is 0 Å². The zero-order valence-electron chi connectivity index (χ0n) is 13.7. The van der Waals surface area contributed by atoms with Crippen LogP contribution in [-0.4, -0.2) is 20.7 Å². The summed E-state index contributed by atoms with van der Waals surface area (Å²) in [6.45, 7) is 1.93. The Balaban J connectivity index is 1.69. The quantitative estimate of drug-likeness (QED) is 0.459. The van der Waals surface area contributed by atoms with Crippen LogP contribution in [0.2, 0.25) is 0 Å². The number of hydrazone groups is 1. The van der Waals surface area contributed by atoms with Crippen molar-refractivity contribution in [2.75, 3.05) is 5.43 Å². The number of furan rings is 1. The van der Waals surface area contributed by atoms with Gasteiger partial charge >= 0.3 is 0 Å². The smallest absolute Gasteiger partial charge is 0.197 e. The van der Waals surface area contributed by atoms with Crippen molar-refractivity contribution in [2.24, 2.45) is 12.1 Å². The minimum atomic E-state index is 0.492. The summed E-state index contributed by atoms with van der Waals surface area (Å²) >= 11 is 0. The van der Waals surface area contributed by atoms with Gasteiger partial charge in [-0.1, -0.05) is 12.1 Å². The van der Waals surface area contributed by atoms with E-state index < -0.39 is 0 Å². The van der Waals surface area contributed by atoms with Crippen molar-refractivity contribution in [3.8, 4) is 6.07 Å². The van der Waals surface area contributed by atoms with Crippen molar-refractivity contribution in [1.82, 2.24) is 14.5 Å². The number of hydrogen-bond donors (Lipinski definition) is 1. The maximum atomic E-state index is 9.09. The molecule has 3 heterocycles. The van der Waals surface area contributed by atoms with Crippen LogP contribution in [0.1, 0.15) is 17.0 Å². The molecule has 0 bridgehead atoms. The van der Waals surface area contributed by atoms with E-state index in [-0.39, 0.29) is 0 Å². The SMILES string of the molecule is Cc1c(/C=N\Nc2ncnc3c2oc2ccccc23)cc(C#N)n1C. The van der Waals surface area contributed by atoms with Crippen LogP contribution in [0.25, 0.3) is 22.1 Å². The van der Waals surface area contributed by atoms with E-state index in [1.807, 2.05) is 42.8 Å². The van der Waals surface area contributed by atoms with E-state index in [1.54, 1.807) is 12.3 Å². The lowest BCUT2D eigenvalue weighted by Gasteiger charge is -1.99. The summed E-state index contributed by atoms with van der Waals surface area (Å²) < 4.78 is 7.67. The molecule has 1 aromatic carbocycles. The predicted octanol–water partition coefficient (Wildman–Crippen LogP) is 3.34. The zero-order chi connectivity index (χ0) is 17.4. The molecule has 7 nitrogen and oxygen atoms in total. The maximum absolute atomic E-state index is 9.09. The van der Waals surface area contributed by atoms with Gasteiger partial charge in [-0.25, -0.2) is 9.97 Å². The molecule has 0 amide bonds. The maximum Gasteiger partial charge on any atom is 0.197 e. The van der Waals surface area contributed by atoms with Crippen LogP contribution in [-0.2, 0) is 7.05 Å². The number of fused-ring (bicyclic) bond motifs is 3. The normalized spacial score (nSPS) is 11.4. The summed E-state index contributed by atoms with van der Waals surface area (Å²) in [6, 6.07) is 11.6. The second kappa shape index (κ2) is 5.76. The van der Waals surface area contributed by atoms with Gasteiger partial charge in [-0.2, -0.15) is 10.4 Å². The van der Waals surface area contributed by atoms with Crippen LogP contribution >= 0.6 is 0 Å². The van der Waals surface area contributed by atoms with E-state index in [4.69, 9.17) is 9.68 Å². The first-order chi connectivity index (χ1) is 12.2. The third-order valence-electron chi connectivity index (χ3n) is 4.22. The molecule has 0 saturated heterocycles. The Hall–Kier alpha value is -3.66. The van der Waals surface area contributed by atoms with Crippen molar-refractivity contribution in [2.45, 2.75) is 6.92 Å². The van der Waals surface area contributed by atoms with Crippen LogP contribution in [0.5, 0.6) is 0 Å². The number of aromatic nitrogens is 3. The first kappa shape index (κ1) is 14.9. The molecule has 0 radical (unpaired) electrons. The van der Waals surface area contributed by atoms with E-state index in [0.717, 1.165) is 27.7 Å². The fraction of sp³-hybridized carbons (Fsp3) is 0.111. The van der Waals surface area contributed by atoms with Crippen LogP contribution < -0.4 is 5.43 Å². The van der Waals surface area contributed by atoms with Crippen LogP contribution in [0, 0.1) is 18.3 Å². The van der Waals surface area contributed by atoms with E-state index in [0.29, 0.717) is 17.1 Å². The molecule has 4 aromatic rings. The van der Waals surface area contributed by atoms with Crippen molar-refractivity contribution < 1.29 is 4.42 Å². The lowest BCUT2D eigenvalue weighted by molar-refractivity contribution is 0.667. The van der Waals surface area contributed by atoms with Gasteiger partial charge < -0.3 is 8.98 Å². The Kier molecular flexibility index (Phi) is 3.43.